The fourth-order valence-corrected chi connectivity index (χ4v) is 12.0. The number of nitrogens with one attached hydrogen (secondary N) is 3. The molecule has 2 fully saturated rings. The van der Waals surface area contributed by atoms with Crippen LogP contribution in [0.5, 0.6) is 5.75 Å². The van der Waals surface area contributed by atoms with Crippen molar-refractivity contribution in [3.8, 4) is 5.75 Å². The average Bonchev–Trinajstić information content (AvgIpc) is 1.59. The van der Waals surface area contributed by atoms with Gasteiger partial charge in [-0.25, -0.2) is 9.59 Å². The molecule has 30 nitrogen and oxygen atoms in total. The number of likely N-dealkylation sites (tertiary alicyclic amines) is 1. The van der Waals surface area contributed by atoms with Gasteiger partial charge in [0.15, 0.2) is 0 Å². The van der Waals surface area contributed by atoms with E-state index in [9.17, 15) is 59.1 Å². The first kappa shape index (κ1) is 77.5. The molecule has 0 aliphatic carbocycles. The topological polar surface area (TPSA) is 394 Å². The summed E-state index contributed by atoms with van der Waals surface area (Å²) in [6.07, 6.45) is -9.05. The minimum absolute atomic E-state index is 0.0257. The first-order valence-corrected chi connectivity index (χ1v) is 31.8. The van der Waals surface area contributed by atoms with E-state index >= 15 is 0 Å². The van der Waals surface area contributed by atoms with E-state index in [1.165, 1.54) is 48.9 Å². The molecule has 2 aromatic carbocycles. The van der Waals surface area contributed by atoms with E-state index in [1.807, 2.05) is 19.9 Å². The molecule has 0 spiro atoms. The number of ether oxygens (including phenoxy) is 8. The summed E-state index contributed by atoms with van der Waals surface area (Å²) < 4.78 is 47.4. The highest BCUT2D eigenvalue weighted by Crippen LogP contribution is 2.35. The lowest BCUT2D eigenvalue weighted by Gasteiger charge is -2.41. The molecule has 1 aromatic heterocycles. The minimum atomic E-state index is -1.78. The van der Waals surface area contributed by atoms with Crippen LogP contribution in [0.1, 0.15) is 95.8 Å². The number of azide groups is 1. The molecule has 2 saturated heterocycles. The highest BCUT2D eigenvalue weighted by Gasteiger charge is 2.47. The second-order valence-corrected chi connectivity index (χ2v) is 24.4. The van der Waals surface area contributed by atoms with Crippen molar-refractivity contribution in [1.29, 1.82) is 0 Å². The first-order valence-electron chi connectivity index (χ1n) is 31.8. The van der Waals surface area contributed by atoms with Gasteiger partial charge in [0.1, 0.15) is 67.3 Å². The maximum absolute atomic E-state index is 14.9. The number of amides is 6. The number of fused-ring (bicyclic) bond motifs is 1. The molecule has 3 aromatic rings. The second kappa shape index (κ2) is 37.8. The van der Waals surface area contributed by atoms with Gasteiger partial charge in [0, 0.05) is 65.2 Å². The minimum Gasteiger partial charge on any atom is -0.480 e. The highest BCUT2D eigenvalue weighted by molar-refractivity contribution is 6.01. The van der Waals surface area contributed by atoms with Gasteiger partial charge in [-0.15, -0.1) is 0 Å². The van der Waals surface area contributed by atoms with E-state index in [0.717, 1.165) is 10.5 Å². The predicted octanol–water partition coefficient (Wildman–Crippen LogP) is 2.87. The van der Waals surface area contributed by atoms with Crippen molar-refractivity contribution >= 4 is 52.5 Å². The summed E-state index contributed by atoms with van der Waals surface area (Å²) in [5.74, 6) is -5.82. The quantitative estimate of drug-likeness (QED) is 0.0134. The van der Waals surface area contributed by atoms with Crippen LogP contribution in [0.4, 0.5) is 4.79 Å². The number of hydrogen-bond donors (Lipinski definition) is 8. The summed E-state index contributed by atoms with van der Waals surface area (Å²) in [7, 11) is 7.45. The van der Waals surface area contributed by atoms with E-state index in [4.69, 9.17) is 43.4 Å². The Bertz CT molecular complexity index is 3000. The maximum Gasteiger partial charge on any atom is 0.410 e. The van der Waals surface area contributed by atoms with Crippen LogP contribution in [0, 0.1) is 23.7 Å². The summed E-state index contributed by atoms with van der Waals surface area (Å²) in [4.78, 5) is 105. The lowest BCUT2D eigenvalue weighted by Crippen LogP contribution is -2.60. The molecule has 0 radical (unpaired) electrons. The Kier molecular flexibility index (Phi) is 31.1. The van der Waals surface area contributed by atoms with Crippen molar-refractivity contribution in [1.82, 2.24) is 35.2 Å². The number of aliphatic carboxylic acids is 1. The number of aliphatic hydroxyl groups is 4. The number of carbonyl (C=O) groups excluding carboxylic acids is 6. The molecule has 30 heteroatoms. The maximum atomic E-state index is 14.9. The molecule has 0 bridgehead atoms. The van der Waals surface area contributed by atoms with Gasteiger partial charge in [-0.2, -0.15) is 0 Å². The van der Waals surface area contributed by atoms with Crippen LogP contribution in [-0.4, -0.2) is 247 Å². The predicted molar refractivity (Wildman–Crippen MR) is 340 cm³/mol. The molecule has 8 N–H and O–H groups in total. The van der Waals surface area contributed by atoms with Gasteiger partial charge in [-0.05, 0) is 59.4 Å². The summed E-state index contributed by atoms with van der Waals surface area (Å²) in [6.45, 7) is 12.8. The van der Waals surface area contributed by atoms with Crippen LogP contribution in [0.3, 0.4) is 0 Å². The second-order valence-electron chi connectivity index (χ2n) is 24.4. The number of carbonyl (C=O) groups is 7. The van der Waals surface area contributed by atoms with Gasteiger partial charge in [-0.1, -0.05) is 96.4 Å². The van der Waals surface area contributed by atoms with E-state index in [0.29, 0.717) is 36.8 Å². The van der Waals surface area contributed by atoms with Crippen molar-refractivity contribution < 1.29 is 97.0 Å². The Morgan fingerprint density at radius 2 is 1.51 bits per heavy atom. The fraction of sp³-hybridized carbons (Fsp3) is 0.672. The monoisotopic (exact) mass is 1330 g/mol. The molecule has 94 heavy (non-hydrogen) atoms. The average molecular weight is 1330 g/mol. The summed E-state index contributed by atoms with van der Waals surface area (Å²) in [5.41, 5.74) is 9.78. The number of carboxylic acids is 1. The number of likely N-dealkylation sites (N-methyl/N-ethyl adjacent to an activating group) is 2. The lowest BCUT2D eigenvalue weighted by atomic mass is 9.89. The number of carboxylic acid groups (broad SMARTS) is 1. The van der Waals surface area contributed by atoms with Gasteiger partial charge in [0.25, 0.3) is 5.91 Å². The van der Waals surface area contributed by atoms with E-state index in [-0.39, 0.29) is 87.9 Å². The third-order valence-electron chi connectivity index (χ3n) is 17.4. The molecule has 524 valence electrons. The highest BCUT2D eigenvalue weighted by atomic mass is 16.7. The number of rotatable bonds is 38. The van der Waals surface area contributed by atoms with Crippen LogP contribution >= 0.6 is 0 Å². The molecule has 0 saturated carbocycles. The number of methoxy groups -OCH3 is 2. The molecule has 5 rings (SSSR count). The largest absolute Gasteiger partial charge is 0.480 e. The molecule has 6 amide bonds. The molecular formula is C64H98N10O20. The van der Waals surface area contributed by atoms with Crippen molar-refractivity contribution in [3.05, 3.63) is 75.8 Å². The van der Waals surface area contributed by atoms with Gasteiger partial charge in [-0.3, -0.25) is 28.9 Å². The number of hydrogen-bond acceptors (Lipinski definition) is 20. The molecule has 2 aliphatic heterocycles. The first-order chi connectivity index (χ1) is 44.8. The SMILES string of the molecule is CCC(C)[C@@H]([C@@H](CC(=O)N1CCC[C@H]1[C@H](OC)[C@@H](C)C(=O)NC(Cc1ccccc1)C(=O)O)OC)N(C)C(=O)[C@@H](NC(=O)[C@H](C(C)C)N(C)C(=O)OCc1ccc(O[C@@H]2O[C@H](CO)[C@H](O)[C@H](O)[C@H]2O)c2c1cc(C(=O)NCOCCOCCOCCN=[N+]=[N-])n2C)C(C)C. The Labute approximate surface area is 548 Å². The lowest BCUT2D eigenvalue weighted by molar-refractivity contribution is -0.277. The number of benzene rings is 2. The van der Waals surface area contributed by atoms with Gasteiger partial charge in [0.05, 0.1) is 81.8 Å². The van der Waals surface area contributed by atoms with Crippen LogP contribution in [0.25, 0.3) is 21.3 Å². The summed E-state index contributed by atoms with van der Waals surface area (Å²) in [6, 6.07) is 8.70. The van der Waals surface area contributed by atoms with Crippen LogP contribution < -0.4 is 20.7 Å². The zero-order valence-corrected chi connectivity index (χ0v) is 56.0. The third kappa shape index (κ3) is 20.4. The van der Waals surface area contributed by atoms with Gasteiger partial charge < -0.3 is 93.7 Å². The van der Waals surface area contributed by atoms with Crippen molar-refractivity contribution in [2.45, 2.75) is 160 Å². The molecule has 3 heterocycles. The third-order valence-corrected chi connectivity index (χ3v) is 17.4. The zero-order valence-electron chi connectivity index (χ0n) is 56.0. The van der Waals surface area contributed by atoms with E-state index < -0.39 is 140 Å². The number of nitrogens with zero attached hydrogens (tertiary/aromatic N) is 7. The standard InChI is InChI=1S/C64H98N10O20/c1-13-38(6)52(47(87-11)32-49(76)74-24-17-20-44(74)57(88-12)39(7)58(80)68-43(62(84)85)30-40-18-15-14-16-19-40)72(9)61(83)50(36(2)3)69-60(82)51(37(4)5)73(10)64(86)92-34-41-21-22-46(93-63-56(79)55(78)54(77)48(33-75)94-63)53-42(41)31-45(71(53)8)59(81)66-35-91-29-28-90-27-26-89-25-23-67-70-65/h14-16,18-19,21-22,31,36-39,43-44,47-48,50-52,54-57,63,75,77-79H,13,17,20,23-30,32-35H2,1-12H3,(H,66,81)(H,68,80)(H,69,82)(H,84,85)/t38?,39-,43?,44+,47-,48-,50+,51+,52+,54+,55+,56-,57-,63-/m1/s1. The number of aryl methyl sites for hydroxylation is 1. The van der Waals surface area contributed by atoms with Crippen molar-refractivity contribution in [2.75, 3.05) is 87.8 Å². The number of aromatic nitrogens is 1. The Hall–Kier alpha value is -7.22. The normalized spacial score (nSPS) is 20.6. The molecule has 2 aliphatic rings. The fourth-order valence-electron chi connectivity index (χ4n) is 12.0. The van der Waals surface area contributed by atoms with Crippen LogP contribution in [0.15, 0.2) is 53.6 Å². The smallest absolute Gasteiger partial charge is 0.410 e. The number of aliphatic hydroxyl groups excluding tert-OH is 4. The molecule has 14 atom stereocenters. The van der Waals surface area contributed by atoms with Crippen LogP contribution in [-0.2, 0) is 77.2 Å². The van der Waals surface area contributed by atoms with Gasteiger partial charge in [0.2, 0.25) is 29.9 Å². The Morgan fingerprint density at radius 3 is 2.12 bits per heavy atom. The zero-order chi connectivity index (χ0) is 69.5. The van der Waals surface area contributed by atoms with Crippen molar-refractivity contribution in [2.24, 2.45) is 35.8 Å². The molecule has 2 unspecified atom stereocenters. The Balaban J connectivity index is 1.29. The van der Waals surface area contributed by atoms with E-state index in [2.05, 4.69) is 26.0 Å². The summed E-state index contributed by atoms with van der Waals surface area (Å²) in [5, 5.41) is 63.8. The van der Waals surface area contributed by atoms with E-state index in [1.54, 1.807) is 77.9 Å². The van der Waals surface area contributed by atoms with Gasteiger partial charge >= 0.3 is 12.1 Å². The van der Waals surface area contributed by atoms with Crippen molar-refractivity contribution in [3.63, 3.8) is 0 Å². The summed E-state index contributed by atoms with van der Waals surface area (Å²) >= 11 is 0. The van der Waals surface area contributed by atoms with Crippen LogP contribution in [0.2, 0.25) is 0 Å². The Morgan fingerprint density at radius 1 is 0.840 bits per heavy atom. The molecular weight excluding hydrogens is 1230 g/mol.